The Bertz CT molecular complexity index is 669. The lowest BCUT2D eigenvalue weighted by atomic mass is 10.1. The number of nitrogens with one attached hydrogen (secondary N) is 1. The molecule has 0 atom stereocenters. The zero-order valence-electron chi connectivity index (χ0n) is 10.7. The number of halogens is 1. The highest BCUT2D eigenvalue weighted by Crippen LogP contribution is 2.24. The fourth-order valence-electron chi connectivity index (χ4n) is 1.28. The Hall–Kier alpha value is -1.64. The molecule has 0 aliphatic carbocycles. The molecule has 1 aromatic carbocycles. The van der Waals surface area contributed by atoms with Crippen molar-refractivity contribution in [3.8, 4) is 0 Å². The molecular weight excluding hydrogens is 308 g/mol. The summed E-state index contributed by atoms with van der Waals surface area (Å²) >= 11 is 5.77. The van der Waals surface area contributed by atoms with E-state index in [1.807, 2.05) is 0 Å². The fraction of sp³-hybridized carbons (Fsp3) is 0.273. The summed E-state index contributed by atoms with van der Waals surface area (Å²) in [5.74, 6) is -2.18. The number of rotatable bonds is 5. The predicted octanol–water partition coefficient (Wildman–Crippen LogP) is 0.580. The molecule has 0 unspecified atom stereocenters. The van der Waals surface area contributed by atoms with Gasteiger partial charge in [0.15, 0.2) is 0 Å². The number of carbonyl (C=O) groups excluding carboxylic acids is 1. The summed E-state index contributed by atoms with van der Waals surface area (Å²) in [4.78, 5) is 21.6. The first kappa shape index (κ1) is 16.4. The van der Waals surface area contributed by atoms with Crippen LogP contribution in [0.3, 0.4) is 0 Å². The Morgan fingerprint density at radius 3 is 2.35 bits per heavy atom. The maximum absolute atomic E-state index is 12.2. The van der Waals surface area contributed by atoms with Gasteiger partial charge in [-0.3, -0.25) is 4.79 Å². The number of sulfonamides is 1. The number of carboxylic acids is 1. The van der Waals surface area contributed by atoms with E-state index in [0.717, 1.165) is 12.1 Å². The first-order valence-corrected chi connectivity index (χ1v) is 7.20. The third-order valence-corrected chi connectivity index (χ3v) is 4.61. The molecule has 4 N–H and O–H groups in total. The van der Waals surface area contributed by atoms with Crippen molar-refractivity contribution in [2.75, 3.05) is 0 Å². The van der Waals surface area contributed by atoms with E-state index in [1.54, 1.807) is 0 Å². The van der Waals surface area contributed by atoms with Gasteiger partial charge in [-0.1, -0.05) is 11.6 Å². The summed E-state index contributed by atoms with van der Waals surface area (Å²) in [6.45, 7) is 2.56. The smallest absolute Gasteiger partial charge is 0.335 e. The second-order valence-corrected chi connectivity index (χ2v) is 6.60. The Balaban J connectivity index is 3.32. The predicted molar refractivity (Wildman–Crippen MR) is 72.0 cm³/mol. The second kappa shape index (κ2) is 5.39. The number of carbonyl (C=O) groups is 2. The summed E-state index contributed by atoms with van der Waals surface area (Å²) in [6.07, 6.45) is 0. The molecule has 0 radical (unpaired) electrons. The van der Waals surface area contributed by atoms with Crippen molar-refractivity contribution in [3.63, 3.8) is 0 Å². The molecule has 110 valence electrons. The van der Waals surface area contributed by atoms with Crippen LogP contribution in [-0.2, 0) is 14.8 Å². The Morgan fingerprint density at radius 2 is 1.90 bits per heavy atom. The van der Waals surface area contributed by atoms with E-state index in [4.69, 9.17) is 22.4 Å². The molecule has 1 amide bonds. The Labute approximate surface area is 120 Å². The number of hydrogen-bond donors (Lipinski definition) is 3. The molecule has 0 heterocycles. The quantitative estimate of drug-likeness (QED) is 0.731. The first-order chi connectivity index (χ1) is 8.97. The summed E-state index contributed by atoms with van der Waals surface area (Å²) in [5.41, 5.74) is 3.29. The van der Waals surface area contributed by atoms with Crippen molar-refractivity contribution in [1.29, 1.82) is 0 Å². The monoisotopic (exact) mass is 320 g/mol. The average Bonchev–Trinajstić information content (AvgIpc) is 2.27. The zero-order valence-corrected chi connectivity index (χ0v) is 12.2. The minimum Gasteiger partial charge on any atom is -0.478 e. The highest BCUT2D eigenvalue weighted by Gasteiger charge is 2.32. The molecule has 0 spiro atoms. The van der Waals surface area contributed by atoms with Crippen molar-refractivity contribution >= 4 is 33.5 Å². The third-order valence-electron chi connectivity index (χ3n) is 2.47. The minimum absolute atomic E-state index is 0.164. The van der Waals surface area contributed by atoms with Gasteiger partial charge in [-0.05, 0) is 32.0 Å². The molecule has 0 aliphatic heterocycles. The van der Waals surface area contributed by atoms with Gasteiger partial charge in [0.05, 0.1) is 10.6 Å². The standard InChI is InChI=1S/C11H13ClN2O5S/c1-11(2,10(13)17)14-20(18,19)8-5-6(9(15)16)3-4-7(8)12/h3-5,14H,1-2H3,(H2,13,17)(H,15,16). The van der Waals surface area contributed by atoms with E-state index >= 15 is 0 Å². The van der Waals surface area contributed by atoms with E-state index in [-0.39, 0.29) is 10.6 Å². The molecule has 0 aliphatic rings. The zero-order chi connectivity index (χ0) is 15.7. The number of carboxylic acid groups (broad SMARTS) is 1. The first-order valence-electron chi connectivity index (χ1n) is 5.34. The average molecular weight is 321 g/mol. The fourth-order valence-corrected chi connectivity index (χ4v) is 3.20. The van der Waals surface area contributed by atoms with Crippen LogP contribution in [0.4, 0.5) is 0 Å². The lowest BCUT2D eigenvalue weighted by Gasteiger charge is -2.22. The molecule has 9 heteroatoms. The van der Waals surface area contributed by atoms with E-state index in [2.05, 4.69) is 4.72 Å². The SMILES string of the molecule is CC(C)(NS(=O)(=O)c1cc(C(=O)O)ccc1Cl)C(N)=O. The highest BCUT2D eigenvalue weighted by molar-refractivity contribution is 7.89. The van der Waals surface area contributed by atoms with Gasteiger partial charge in [0.25, 0.3) is 0 Å². The second-order valence-electron chi connectivity index (χ2n) is 4.55. The molecule has 7 nitrogen and oxygen atoms in total. The van der Waals surface area contributed by atoms with Gasteiger partial charge >= 0.3 is 5.97 Å². The summed E-state index contributed by atoms with van der Waals surface area (Å²) in [5, 5.41) is 8.69. The maximum Gasteiger partial charge on any atom is 0.335 e. The van der Waals surface area contributed by atoms with Crippen LogP contribution in [0.2, 0.25) is 5.02 Å². The minimum atomic E-state index is -4.20. The van der Waals surface area contributed by atoms with Crippen molar-refractivity contribution in [1.82, 2.24) is 4.72 Å². The van der Waals surface area contributed by atoms with Gasteiger partial charge in [-0.15, -0.1) is 0 Å². The third kappa shape index (κ3) is 3.47. The molecule has 1 rings (SSSR count). The van der Waals surface area contributed by atoms with E-state index in [1.165, 1.54) is 19.9 Å². The van der Waals surface area contributed by atoms with Crippen molar-refractivity contribution in [2.45, 2.75) is 24.3 Å². The van der Waals surface area contributed by atoms with Gasteiger partial charge in [0.2, 0.25) is 15.9 Å². The summed E-state index contributed by atoms with van der Waals surface area (Å²) in [7, 11) is -4.20. The molecule has 0 saturated carbocycles. The number of benzene rings is 1. The molecule has 0 bridgehead atoms. The van der Waals surface area contributed by atoms with Gasteiger partial charge in [0, 0.05) is 0 Å². The normalized spacial score (nSPS) is 12.2. The number of nitrogens with two attached hydrogens (primary N) is 1. The van der Waals surface area contributed by atoms with Crippen LogP contribution in [-0.4, -0.2) is 30.9 Å². The van der Waals surface area contributed by atoms with Crippen LogP contribution in [0.25, 0.3) is 0 Å². The lowest BCUT2D eigenvalue weighted by molar-refractivity contribution is -0.122. The largest absolute Gasteiger partial charge is 0.478 e. The van der Waals surface area contributed by atoms with E-state index < -0.39 is 32.3 Å². The topological polar surface area (TPSA) is 127 Å². The van der Waals surface area contributed by atoms with Crippen LogP contribution >= 0.6 is 11.6 Å². The number of primary amides is 1. The van der Waals surface area contributed by atoms with E-state index in [0.29, 0.717) is 0 Å². The van der Waals surface area contributed by atoms with Crippen LogP contribution in [0, 0.1) is 0 Å². The summed E-state index contributed by atoms with van der Waals surface area (Å²) < 4.78 is 26.4. The molecule has 0 aromatic heterocycles. The Morgan fingerprint density at radius 1 is 1.35 bits per heavy atom. The number of aromatic carboxylic acids is 1. The molecule has 0 saturated heterocycles. The molecular formula is C11H13ClN2O5S. The number of amides is 1. The summed E-state index contributed by atoms with van der Waals surface area (Å²) in [6, 6.07) is 3.23. The number of hydrogen-bond acceptors (Lipinski definition) is 4. The van der Waals surface area contributed by atoms with E-state index in [9.17, 15) is 18.0 Å². The molecule has 20 heavy (non-hydrogen) atoms. The van der Waals surface area contributed by atoms with Crippen LogP contribution in [0.5, 0.6) is 0 Å². The molecule has 1 aromatic rings. The highest BCUT2D eigenvalue weighted by atomic mass is 35.5. The van der Waals surface area contributed by atoms with Gasteiger partial charge in [-0.25, -0.2) is 13.2 Å². The van der Waals surface area contributed by atoms with Crippen molar-refractivity contribution < 1.29 is 23.1 Å². The van der Waals surface area contributed by atoms with Gasteiger partial charge < -0.3 is 10.8 Å². The van der Waals surface area contributed by atoms with Crippen LogP contribution < -0.4 is 10.5 Å². The van der Waals surface area contributed by atoms with Crippen LogP contribution in [0.1, 0.15) is 24.2 Å². The van der Waals surface area contributed by atoms with Crippen molar-refractivity contribution in [2.24, 2.45) is 5.73 Å². The van der Waals surface area contributed by atoms with Gasteiger partial charge in [0.1, 0.15) is 10.4 Å². The van der Waals surface area contributed by atoms with Gasteiger partial charge in [-0.2, -0.15) is 4.72 Å². The Kier molecular flexibility index (Phi) is 4.42. The maximum atomic E-state index is 12.2. The lowest BCUT2D eigenvalue weighted by Crippen LogP contribution is -2.52. The molecule has 0 fully saturated rings. The van der Waals surface area contributed by atoms with Crippen LogP contribution in [0.15, 0.2) is 23.1 Å². The van der Waals surface area contributed by atoms with Crippen molar-refractivity contribution in [3.05, 3.63) is 28.8 Å².